The minimum Gasteiger partial charge on any atom is -0.466 e. The van der Waals surface area contributed by atoms with Gasteiger partial charge in [-0.1, -0.05) is 18.2 Å². The van der Waals surface area contributed by atoms with Crippen LogP contribution in [0.1, 0.15) is 17.6 Å². The lowest BCUT2D eigenvalue weighted by atomic mass is 10.1. The number of halogens is 1. The van der Waals surface area contributed by atoms with Crippen LogP contribution in [-0.2, 0) is 0 Å². The number of benzene rings is 1. The molecule has 4 nitrogen and oxygen atoms in total. The van der Waals surface area contributed by atoms with Crippen LogP contribution >= 0.6 is 15.9 Å². The molecule has 0 bridgehead atoms. The number of furan rings is 2. The van der Waals surface area contributed by atoms with E-state index in [0.29, 0.717) is 11.5 Å². The molecule has 5 heteroatoms. The van der Waals surface area contributed by atoms with Crippen molar-refractivity contribution in [2.75, 3.05) is 0 Å². The minimum absolute atomic E-state index is 0.318. The van der Waals surface area contributed by atoms with Crippen molar-refractivity contribution in [1.29, 1.82) is 0 Å². The van der Waals surface area contributed by atoms with Crippen LogP contribution in [0, 0.1) is 0 Å². The molecule has 2 heterocycles. The zero-order valence-electron chi connectivity index (χ0n) is 9.39. The van der Waals surface area contributed by atoms with Gasteiger partial charge >= 0.3 is 0 Å². The van der Waals surface area contributed by atoms with Gasteiger partial charge in [0.2, 0.25) is 0 Å². The third kappa shape index (κ3) is 1.86. The maximum absolute atomic E-state index is 5.78. The standard InChI is InChI=1S/C13H11BrN2O2/c14-9-5-6-17-13(9)12(16-15)11-7-8-3-1-2-4-10(8)18-11/h1-7,12,16H,15H2. The molecule has 0 amide bonds. The number of hydrogen-bond acceptors (Lipinski definition) is 4. The van der Waals surface area contributed by atoms with E-state index in [2.05, 4.69) is 21.4 Å². The highest BCUT2D eigenvalue weighted by atomic mass is 79.9. The second-order valence-electron chi connectivity index (χ2n) is 3.92. The summed E-state index contributed by atoms with van der Waals surface area (Å²) in [7, 11) is 0. The van der Waals surface area contributed by atoms with Crippen LogP contribution < -0.4 is 11.3 Å². The first-order valence-electron chi connectivity index (χ1n) is 5.47. The van der Waals surface area contributed by atoms with Crippen LogP contribution in [-0.4, -0.2) is 0 Å². The molecule has 92 valence electrons. The lowest BCUT2D eigenvalue weighted by Gasteiger charge is -2.10. The highest BCUT2D eigenvalue weighted by Gasteiger charge is 2.22. The van der Waals surface area contributed by atoms with Crippen molar-refractivity contribution in [3.8, 4) is 0 Å². The quantitative estimate of drug-likeness (QED) is 0.575. The SMILES string of the molecule is NNC(c1cc2ccccc2o1)c1occc1Br. The third-order valence-electron chi connectivity index (χ3n) is 2.80. The topological polar surface area (TPSA) is 64.3 Å². The summed E-state index contributed by atoms with van der Waals surface area (Å²) < 4.78 is 12.0. The van der Waals surface area contributed by atoms with Crippen LogP contribution in [0.4, 0.5) is 0 Å². The summed E-state index contributed by atoms with van der Waals surface area (Å²) in [6, 6.07) is 11.3. The first-order chi connectivity index (χ1) is 8.79. The zero-order chi connectivity index (χ0) is 12.5. The van der Waals surface area contributed by atoms with E-state index in [-0.39, 0.29) is 6.04 Å². The first-order valence-corrected chi connectivity index (χ1v) is 6.26. The summed E-state index contributed by atoms with van der Waals surface area (Å²) >= 11 is 3.42. The third-order valence-corrected chi connectivity index (χ3v) is 3.46. The van der Waals surface area contributed by atoms with Gasteiger partial charge in [0.1, 0.15) is 23.1 Å². The number of nitrogens with two attached hydrogens (primary N) is 1. The fourth-order valence-corrected chi connectivity index (χ4v) is 2.37. The van der Waals surface area contributed by atoms with Gasteiger partial charge in [-0.2, -0.15) is 0 Å². The Bertz CT molecular complexity index is 641. The Balaban J connectivity index is 2.09. The van der Waals surface area contributed by atoms with Gasteiger partial charge in [0.15, 0.2) is 0 Å². The number of rotatable bonds is 3. The number of nitrogens with one attached hydrogen (secondary N) is 1. The summed E-state index contributed by atoms with van der Waals surface area (Å²) in [5.74, 6) is 7.00. The molecule has 18 heavy (non-hydrogen) atoms. The predicted molar refractivity (Wildman–Crippen MR) is 71.8 cm³/mol. The summed E-state index contributed by atoms with van der Waals surface area (Å²) in [6.45, 7) is 0. The second kappa shape index (κ2) is 4.61. The molecular formula is C13H11BrN2O2. The van der Waals surface area contributed by atoms with Crippen molar-refractivity contribution < 1.29 is 8.83 Å². The average Bonchev–Trinajstić information content (AvgIpc) is 2.97. The molecule has 3 N–H and O–H groups in total. The molecule has 0 aliphatic carbocycles. The Morgan fingerprint density at radius 2 is 2.06 bits per heavy atom. The Morgan fingerprint density at radius 3 is 2.72 bits per heavy atom. The number of hydrazine groups is 1. The Morgan fingerprint density at radius 1 is 1.22 bits per heavy atom. The van der Waals surface area contributed by atoms with Gasteiger partial charge in [-0.15, -0.1) is 0 Å². The summed E-state index contributed by atoms with van der Waals surface area (Å²) in [5.41, 5.74) is 3.53. The molecule has 1 aromatic carbocycles. The highest BCUT2D eigenvalue weighted by molar-refractivity contribution is 9.10. The van der Waals surface area contributed by atoms with E-state index in [4.69, 9.17) is 14.7 Å². The van der Waals surface area contributed by atoms with E-state index < -0.39 is 0 Å². The van der Waals surface area contributed by atoms with Gasteiger partial charge in [0.25, 0.3) is 0 Å². The van der Waals surface area contributed by atoms with E-state index in [0.717, 1.165) is 15.4 Å². The molecule has 0 saturated heterocycles. The van der Waals surface area contributed by atoms with Crippen LogP contribution in [0.5, 0.6) is 0 Å². The summed E-state index contributed by atoms with van der Waals surface area (Å²) in [6.07, 6.45) is 1.60. The van der Waals surface area contributed by atoms with Gasteiger partial charge in [-0.3, -0.25) is 5.84 Å². The molecule has 0 fully saturated rings. The van der Waals surface area contributed by atoms with Crippen molar-refractivity contribution in [3.63, 3.8) is 0 Å². The molecule has 0 radical (unpaired) electrons. The van der Waals surface area contributed by atoms with Crippen LogP contribution in [0.25, 0.3) is 11.0 Å². The Hall–Kier alpha value is -1.56. The molecular weight excluding hydrogens is 296 g/mol. The van der Waals surface area contributed by atoms with E-state index in [1.54, 1.807) is 6.26 Å². The van der Waals surface area contributed by atoms with Gasteiger partial charge in [0.05, 0.1) is 10.7 Å². The van der Waals surface area contributed by atoms with Gasteiger partial charge < -0.3 is 8.83 Å². The summed E-state index contributed by atoms with van der Waals surface area (Å²) in [4.78, 5) is 0. The van der Waals surface area contributed by atoms with Crippen LogP contribution in [0.2, 0.25) is 0 Å². The lowest BCUT2D eigenvalue weighted by Crippen LogP contribution is -2.28. The zero-order valence-corrected chi connectivity index (χ0v) is 11.0. The van der Waals surface area contributed by atoms with Crippen LogP contribution in [0.15, 0.2) is 56.0 Å². The second-order valence-corrected chi connectivity index (χ2v) is 4.77. The first kappa shape index (κ1) is 11.5. The Labute approximate surface area is 112 Å². The average molecular weight is 307 g/mol. The lowest BCUT2D eigenvalue weighted by molar-refractivity contribution is 0.401. The minimum atomic E-state index is -0.318. The molecule has 0 saturated carbocycles. The number of fused-ring (bicyclic) bond motifs is 1. The van der Waals surface area contributed by atoms with Crippen molar-refractivity contribution in [3.05, 3.63) is 58.7 Å². The van der Waals surface area contributed by atoms with Crippen molar-refractivity contribution in [2.45, 2.75) is 6.04 Å². The molecule has 1 atom stereocenters. The van der Waals surface area contributed by atoms with E-state index in [1.807, 2.05) is 36.4 Å². The predicted octanol–water partition coefficient (Wildman–Crippen LogP) is 3.34. The van der Waals surface area contributed by atoms with E-state index in [1.165, 1.54) is 0 Å². The van der Waals surface area contributed by atoms with Crippen molar-refractivity contribution in [2.24, 2.45) is 5.84 Å². The number of hydrogen-bond donors (Lipinski definition) is 2. The largest absolute Gasteiger partial charge is 0.466 e. The van der Waals surface area contributed by atoms with Gasteiger partial charge in [-0.25, -0.2) is 5.43 Å². The molecule has 2 aromatic heterocycles. The van der Waals surface area contributed by atoms with Crippen molar-refractivity contribution >= 4 is 26.9 Å². The smallest absolute Gasteiger partial charge is 0.143 e. The molecule has 1 unspecified atom stereocenters. The highest BCUT2D eigenvalue weighted by Crippen LogP contribution is 2.32. The molecule has 3 aromatic rings. The maximum atomic E-state index is 5.78. The fourth-order valence-electron chi connectivity index (χ4n) is 1.94. The fraction of sp³-hybridized carbons (Fsp3) is 0.0769. The van der Waals surface area contributed by atoms with Gasteiger partial charge in [0, 0.05) is 5.39 Å². The van der Waals surface area contributed by atoms with Crippen molar-refractivity contribution in [1.82, 2.24) is 5.43 Å². The monoisotopic (exact) mass is 306 g/mol. The normalized spacial score (nSPS) is 13.0. The summed E-state index contributed by atoms with van der Waals surface area (Å²) in [5, 5.41) is 1.04. The molecule has 3 rings (SSSR count). The van der Waals surface area contributed by atoms with E-state index >= 15 is 0 Å². The van der Waals surface area contributed by atoms with Crippen LogP contribution in [0.3, 0.4) is 0 Å². The molecule has 0 spiro atoms. The maximum Gasteiger partial charge on any atom is 0.143 e. The number of para-hydroxylation sites is 1. The van der Waals surface area contributed by atoms with Gasteiger partial charge in [-0.05, 0) is 34.1 Å². The van der Waals surface area contributed by atoms with E-state index in [9.17, 15) is 0 Å². The molecule has 0 aliphatic heterocycles. The Kier molecular flexibility index (Phi) is 2.95. The molecule has 0 aliphatic rings.